The molecule has 0 radical (unpaired) electrons. The zero-order valence-electron chi connectivity index (χ0n) is 29.6. The summed E-state index contributed by atoms with van der Waals surface area (Å²) in [4.78, 5) is 10.9. The molecule has 11 rings (SSSR count). The predicted octanol–water partition coefficient (Wildman–Crippen LogP) is 13.0. The molecular weight excluding hydrogens is 663 g/mol. The van der Waals surface area contributed by atoms with Gasteiger partial charge in [0, 0.05) is 54.5 Å². The molecule has 4 aromatic heterocycles. The Kier molecular flexibility index (Phi) is 6.83. The van der Waals surface area contributed by atoms with Gasteiger partial charge in [-0.25, -0.2) is 9.97 Å². The van der Waals surface area contributed by atoms with E-state index in [-0.39, 0.29) is 0 Å². The number of aromatic nitrogens is 3. The highest BCUT2D eigenvalue weighted by Crippen LogP contribution is 2.41. The normalized spacial score (nSPS) is 11.9. The lowest BCUT2D eigenvalue weighted by Gasteiger charge is -2.17. The van der Waals surface area contributed by atoms with Crippen molar-refractivity contribution in [2.24, 2.45) is 0 Å². The molecule has 0 bridgehead atoms. The van der Waals surface area contributed by atoms with Gasteiger partial charge in [-0.05, 0) is 53.9 Å². The molecule has 0 unspecified atom stereocenters. The predicted molar refractivity (Wildman–Crippen MR) is 221 cm³/mol. The molecule has 0 atom stereocenters. The molecule has 4 heterocycles. The molecule has 0 aliphatic carbocycles. The fourth-order valence-corrected chi connectivity index (χ4v) is 8.50. The second-order valence-electron chi connectivity index (χ2n) is 13.9. The molecule has 11 aromatic rings. The van der Waals surface area contributed by atoms with Crippen molar-refractivity contribution in [3.05, 3.63) is 169 Å². The van der Waals surface area contributed by atoms with E-state index in [1.54, 1.807) is 0 Å². The van der Waals surface area contributed by atoms with Crippen molar-refractivity contribution in [1.29, 1.82) is 0 Å². The van der Waals surface area contributed by atoms with Gasteiger partial charge in [-0.1, -0.05) is 128 Å². The number of para-hydroxylation sites is 3. The Morgan fingerprint density at radius 1 is 0.481 bits per heavy atom. The molecule has 0 N–H and O–H groups in total. The van der Waals surface area contributed by atoms with Crippen LogP contribution in [0, 0.1) is 0 Å². The molecule has 256 valence electrons. The van der Waals surface area contributed by atoms with Crippen molar-refractivity contribution in [3.63, 3.8) is 0 Å². The molecule has 0 saturated heterocycles. The molecule has 0 amide bonds. The standard InChI is InChI=1S/C49H33N3O2/c1-2-32-39(50-49(51-48(32)30-14-4-3-5-15-30)38-20-13-25-45-47(38)37-18-8-11-23-43(37)54-45)29-52-40-21-9-6-16-34(40)35-27-26-31(28-41(35)52)33-19-12-24-44-46(33)36-17-7-10-22-42(36)53-44/h3-28H,2,29H2,1H3. The van der Waals surface area contributed by atoms with Gasteiger partial charge in [-0.2, -0.15) is 0 Å². The summed E-state index contributed by atoms with van der Waals surface area (Å²) in [7, 11) is 0. The molecule has 0 saturated carbocycles. The number of nitrogens with zero attached hydrogens (tertiary/aromatic N) is 3. The van der Waals surface area contributed by atoms with Crippen LogP contribution >= 0.6 is 0 Å². The second-order valence-corrected chi connectivity index (χ2v) is 13.9. The minimum Gasteiger partial charge on any atom is -0.456 e. The first kappa shape index (κ1) is 30.6. The van der Waals surface area contributed by atoms with Gasteiger partial charge in [0.2, 0.25) is 0 Å². The van der Waals surface area contributed by atoms with E-state index >= 15 is 0 Å². The highest BCUT2D eigenvalue weighted by molar-refractivity contribution is 6.15. The lowest BCUT2D eigenvalue weighted by atomic mass is 9.98. The highest BCUT2D eigenvalue weighted by Gasteiger charge is 2.22. The molecule has 54 heavy (non-hydrogen) atoms. The smallest absolute Gasteiger partial charge is 0.160 e. The summed E-state index contributed by atoms with van der Waals surface area (Å²) < 4.78 is 15.0. The maximum absolute atomic E-state index is 6.31. The third-order valence-electron chi connectivity index (χ3n) is 10.9. The average Bonchev–Trinajstić information content (AvgIpc) is 3.90. The number of fused-ring (bicyclic) bond motifs is 9. The van der Waals surface area contributed by atoms with Crippen molar-refractivity contribution in [3.8, 4) is 33.8 Å². The van der Waals surface area contributed by atoms with Crippen molar-refractivity contribution in [2.45, 2.75) is 19.9 Å². The first-order valence-corrected chi connectivity index (χ1v) is 18.5. The summed E-state index contributed by atoms with van der Waals surface area (Å²) in [5.41, 5.74) is 13.2. The quantitative estimate of drug-likeness (QED) is 0.174. The van der Waals surface area contributed by atoms with Crippen LogP contribution in [0.2, 0.25) is 0 Å². The summed E-state index contributed by atoms with van der Waals surface area (Å²) in [6.07, 6.45) is 0.788. The first-order valence-electron chi connectivity index (χ1n) is 18.5. The van der Waals surface area contributed by atoms with Gasteiger partial charge in [0.25, 0.3) is 0 Å². The lowest BCUT2D eigenvalue weighted by molar-refractivity contribution is 0.668. The van der Waals surface area contributed by atoms with Crippen LogP contribution in [0.1, 0.15) is 18.2 Å². The van der Waals surface area contributed by atoms with Crippen LogP contribution in [0.4, 0.5) is 0 Å². The fourth-order valence-electron chi connectivity index (χ4n) is 8.50. The van der Waals surface area contributed by atoms with Crippen LogP contribution in [0.3, 0.4) is 0 Å². The van der Waals surface area contributed by atoms with E-state index < -0.39 is 0 Å². The highest BCUT2D eigenvalue weighted by atomic mass is 16.3. The minimum absolute atomic E-state index is 0.576. The summed E-state index contributed by atoms with van der Waals surface area (Å²) >= 11 is 0. The Bertz CT molecular complexity index is 3240. The van der Waals surface area contributed by atoms with Crippen LogP contribution < -0.4 is 0 Å². The zero-order valence-corrected chi connectivity index (χ0v) is 29.6. The molecule has 7 aromatic carbocycles. The summed E-state index contributed by atoms with van der Waals surface area (Å²) in [6, 6.07) is 55.1. The van der Waals surface area contributed by atoms with Crippen molar-refractivity contribution >= 4 is 65.7 Å². The van der Waals surface area contributed by atoms with Crippen LogP contribution in [0.25, 0.3) is 99.5 Å². The fraction of sp³-hybridized carbons (Fsp3) is 0.0612. The van der Waals surface area contributed by atoms with Crippen molar-refractivity contribution in [1.82, 2.24) is 14.5 Å². The third kappa shape index (κ3) is 4.65. The summed E-state index contributed by atoms with van der Waals surface area (Å²) in [5.74, 6) is 0.693. The van der Waals surface area contributed by atoms with Crippen molar-refractivity contribution < 1.29 is 8.83 Å². The van der Waals surface area contributed by atoms with Gasteiger partial charge in [0.1, 0.15) is 22.3 Å². The number of hydrogen-bond donors (Lipinski definition) is 0. The topological polar surface area (TPSA) is 57.0 Å². The van der Waals surface area contributed by atoms with Crippen LogP contribution in [0.15, 0.2) is 167 Å². The summed E-state index contributed by atoms with van der Waals surface area (Å²) in [6.45, 7) is 2.78. The third-order valence-corrected chi connectivity index (χ3v) is 10.9. The van der Waals surface area contributed by atoms with E-state index in [2.05, 4.69) is 133 Å². The Morgan fingerprint density at radius 3 is 1.80 bits per heavy atom. The molecule has 5 heteroatoms. The maximum Gasteiger partial charge on any atom is 0.160 e. The molecular formula is C49H33N3O2. The van der Waals surface area contributed by atoms with Gasteiger partial charge in [-0.3, -0.25) is 0 Å². The first-order chi connectivity index (χ1) is 26.7. The SMILES string of the molecule is CCc1c(Cn2c3ccccc3c3ccc(-c4cccc5oc6ccccc6c45)cc32)nc(-c2cccc3oc4ccccc4c23)nc1-c1ccccc1. The Morgan fingerprint density at radius 2 is 1.07 bits per heavy atom. The second kappa shape index (κ2) is 12.0. The largest absolute Gasteiger partial charge is 0.456 e. The van der Waals surface area contributed by atoms with Gasteiger partial charge in [0.05, 0.1) is 23.4 Å². The average molecular weight is 696 g/mol. The molecule has 0 fully saturated rings. The number of benzene rings is 7. The van der Waals surface area contributed by atoms with E-state index in [0.717, 1.165) is 95.0 Å². The minimum atomic E-state index is 0.576. The van der Waals surface area contributed by atoms with E-state index in [9.17, 15) is 0 Å². The molecule has 0 aliphatic rings. The van der Waals surface area contributed by atoms with Gasteiger partial charge >= 0.3 is 0 Å². The number of hydrogen-bond acceptors (Lipinski definition) is 4. The van der Waals surface area contributed by atoms with Crippen LogP contribution in [-0.4, -0.2) is 14.5 Å². The number of rotatable bonds is 6. The van der Waals surface area contributed by atoms with Gasteiger partial charge < -0.3 is 13.4 Å². The van der Waals surface area contributed by atoms with E-state index in [1.165, 1.54) is 16.3 Å². The molecule has 0 spiro atoms. The van der Waals surface area contributed by atoms with Gasteiger partial charge in [-0.15, -0.1) is 0 Å². The Labute approximate surface area is 310 Å². The summed E-state index contributed by atoms with van der Waals surface area (Å²) in [5, 5.41) is 6.78. The number of furan rings is 2. The van der Waals surface area contributed by atoms with Crippen LogP contribution in [-0.2, 0) is 13.0 Å². The van der Waals surface area contributed by atoms with E-state index in [0.29, 0.717) is 12.4 Å². The maximum atomic E-state index is 6.31. The van der Waals surface area contributed by atoms with E-state index in [4.69, 9.17) is 18.8 Å². The lowest BCUT2D eigenvalue weighted by Crippen LogP contribution is -2.10. The van der Waals surface area contributed by atoms with E-state index in [1.807, 2.05) is 36.4 Å². The molecule has 5 nitrogen and oxygen atoms in total. The molecule has 0 aliphatic heterocycles. The van der Waals surface area contributed by atoms with Gasteiger partial charge in [0.15, 0.2) is 5.82 Å². The Hall–Kier alpha value is -6.98. The zero-order chi connectivity index (χ0) is 35.8. The van der Waals surface area contributed by atoms with Crippen LogP contribution in [0.5, 0.6) is 0 Å². The van der Waals surface area contributed by atoms with Crippen molar-refractivity contribution in [2.75, 3.05) is 0 Å². The monoisotopic (exact) mass is 695 g/mol. The Balaban J connectivity index is 1.16.